The molecule has 6 nitrogen and oxygen atoms in total. The van der Waals surface area contributed by atoms with Crippen molar-refractivity contribution in [2.45, 2.75) is 31.7 Å². The second-order valence-corrected chi connectivity index (χ2v) is 7.04. The molecule has 0 bridgehead atoms. The third-order valence-electron chi connectivity index (χ3n) is 5.92. The van der Waals surface area contributed by atoms with E-state index in [0.29, 0.717) is 30.2 Å². The molecule has 4 rings (SSSR count). The van der Waals surface area contributed by atoms with E-state index >= 15 is 0 Å². The number of amides is 2. The van der Waals surface area contributed by atoms with Gasteiger partial charge in [-0.25, -0.2) is 4.79 Å². The normalized spacial score (nSPS) is 30.1. The third kappa shape index (κ3) is 2.20. The molecule has 6 heteroatoms. The van der Waals surface area contributed by atoms with E-state index in [9.17, 15) is 9.90 Å². The highest BCUT2D eigenvalue weighted by Crippen LogP contribution is 2.51. The average Bonchev–Trinajstić information content (AvgIpc) is 2.79. The van der Waals surface area contributed by atoms with Crippen LogP contribution in [0.3, 0.4) is 0 Å². The van der Waals surface area contributed by atoms with Crippen molar-refractivity contribution >= 4 is 6.03 Å². The summed E-state index contributed by atoms with van der Waals surface area (Å²) in [6.45, 7) is 2.41. The van der Waals surface area contributed by atoms with Crippen LogP contribution in [0.25, 0.3) is 0 Å². The highest BCUT2D eigenvalue weighted by molar-refractivity contribution is 5.74. The molecule has 120 valence electrons. The molecule has 1 saturated heterocycles. The van der Waals surface area contributed by atoms with Crippen LogP contribution < -0.4 is 5.32 Å². The molecule has 1 aromatic heterocycles. The molecule has 2 N–H and O–H groups in total. The van der Waals surface area contributed by atoms with Crippen LogP contribution >= 0.6 is 0 Å². The number of carbonyl (C=O) groups is 1. The largest absolute Gasteiger partial charge is 0.396 e. The van der Waals surface area contributed by atoms with E-state index in [2.05, 4.69) is 10.4 Å². The zero-order chi connectivity index (χ0) is 15.3. The van der Waals surface area contributed by atoms with Crippen molar-refractivity contribution in [2.75, 3.05) is 19.7 Å². The van der Waals surface area contributed by atoms with Crippen molar-refractivity contribution in [1.82, 2.24) is 20.0 Å². The molecule has 0 aromatic carbocycles. The molecular weight excluding hydrogens is 280 g/mol. The van der Waals surface area contributed by atoms with Gasteiger partial charge in [0.25, 0.3) is 0 Å². The summed E-state index contributed by atoms with van der Waals surface area (Å²) in [7, 11) is 1.94. The summed E-state index contributed by atoms with van der Waals surface area (Å²) in [6, 6.07) is 0.0182. The number of aliphatic hydroxyl groups is 1. The van der Waals surface area contributed by atoms with E-state index in [1.54, 1.807) is 0 Å². The zero-order valence-electron chi connectivity index (χ0n) is 13.0. The van der Waals surface area contributed by atoms with Crippen molar-refractivity contribution in [3.8, 4) is 0 Å². The first-order chi connectivity index (χ1) is 10.7. The summed E-state index contributed by atoms with van der Waals surface area (Å²) < 4.78 is 1.89. The standard InChI is InChI=1S/C16H24N4O2/c1-19-15(11(5-18-19)10-3-2-4-10)6-17-16(22)20-7-12-13(8-20)14(12)9-21/h5,10,12-14,21H,2-4,6-9H2,1H3,(H,17,22)/t12-,13+,14?. The maximum atomic E-state index is 12.3. The molecule has 1 aliphatic heterocycles. The third-order valence-corrected chi connectivity index (χ3v) is 5.92. The summed E-state index contributed by atoms with van der Waals surface area (Å²) >= 11 is 0. The molecule has 0 radical (unpaired) electrons. The first-order valence-corrected chi connectivity index (χ1v) is 8.33. The summed E-state index contributed by atoms with van der Waals surface area (Å²) in [6.07, 6.45) is 5.74. The molecule has 2 amide bonds. The number of hydrogen-bond acceptors (Lipinski definition) is 3. The SMILES string of the molecule is Cn1ncc(C2CCC2)c1CNC(=O)N1C[C@@H]2C(CO)[C@@H]2C1. The number of nitrogens with one attached hydrogen (secondary N) is 1. The fourth-order valence-electron chi connectivity index (χ4n) is 4.11. The van der Waals surface area contributed by atoms with Gasteiger partial charge in [0.05, 0.1) is 18.4 Å². The van der Waals surface area contributed by atoms with E-state index in [0.717, 1.165) is 18.8 Å². The van der Waals surface area contributed by atoms with Gasteiger partial charge in [-0.05, 0) is 42.1 Å². The molecule has 2 saturated carbocycles. The fourth-order valence-corrected chi connectivity index (χ4v) is 4.11. The maximum Gasteiger partial charge on any atom is 0.317 e. The monoisotopic (exact) mass is 304 g/mol. The van der Waals surface area contributed by atoms with Crippen LogP contribution in [0.15, 0.2) is 6.20 Å². The Morgan fingerprint density at radius 1 is 1.41 bits per heavy atom. The molecule has 3 fully saturated rings. The molecule has 3 aliphatic rings. The molecule has 2 aliphatic carbocycles. The maximum absolute atomic E-state index is 12.3. The quantitative estimate of drug-likeness (QED) is 0.874. The number of urea groups is 1. The van der Waals surface area contributed by atoms with Crippen molar-refractivity contribution in [3.05, 3.63) is 17.5 Å². The van der Waals surface area contributed by atoms with Crippen molar-refractivity contribution < 1.29 is 9.90 Å². The molecule has 1 unspecified atom stereocenters. The summed E-state index contributed by atoms with van der Waals surface area (Å²) in [5.74, 6) is 2.12. The highest BCUT2D eigenvalue weighted by atomic mass is 16.3. The van der Waals surface area contributed by atoms with Crippen LogP contribution in [0, 0.1) is 17.8 Å². The van der Waals surface area contributed by atoms with E-state index in [1.807, 2.05) is 22.8 Å². The smallest absolute Gasteiger partial charge is 0.317 e. The number of nitrogens with zero attached hydrogens (tertiary/aromatic N) is 3. The highest BCUT2D eigenvalue weighted by Gasteiger charge is 2.56. The molecule has 1 aromatic rings. The van der Waals surface area contributed by atoms with E-state index in [4.69, 9.17) is 0 Å². The summed E-state index contributed by atoms with van der Waals surface area (Å²) in [5, 5.41) is 16.6. The topological polar surface area (TPSA) is 70.4 Å². The number of hydrogen-bond donors (Lipinski definition) is 2. The average molecular weight is 304 g/mol. The number of aliphatic hydroxyl groups excluding tert-OH is 1. The lowest BCUT2D eigenvalue weighted by molar-refractivity contribution is 0.191. The zero-order valence-corrected chi connectivity index (χ0v) is 13.0. The van der Waals surface area contributed by atoms with Crippen LogP contribution in [0.5, 0.6) is 0 Å². The second kappa shape index (κ2) is 5.26. The van der Waals surface area contributed by atoms with Crippen molar-refractivity contribution in [1.29, 1.82) is 0 Å². The minimum Gasteiger partial charge on any atom is -0.396 e. The second-order valence-electron chi connectivity index (χ2n) is 7.04. The molecule has 3 atom stereocenters. The number of likely N-dealkylation sites (tertiary alicyclic amines) is 1. The number of aromatic nitrogens is 2. The van der Waals surface area contributed by atoms with Crippen LogP contribution in [0.1, 0.15) is 36.4 Å². The molecule has 2 heterocycles. The van der Waals surface area contributed by atoms with Crippen molar-refractivity contribution in [3.63, 3.8) is 0 Å². The number of rotatable bonds is 4. The lowest BCUT2D eigenvalue weighted by Gasteiger charge is -2.26. The molecular formula is C16H24N4O2. The van der Waals surface area contributed by atoms with E-state index < -0.39 is 0 Å². The number of aryl methyl sites for hydroxylation is 1. The Labute approximate surface area is 130 Å². The van der Waals surface area contributed by atoms with Gasteiger partial charge < -0.3 is 15.3 Å². The Bertz CT molecular complexity index is 569. The summed E-state index contributed by atoms with van der Waals surface area (Å²) in [4.78, 5) is 14.2. The van der Waals surface area contributed by atoms with Gasteiger partial charge in [-0.3, -0.25) is 4.68 Å². The predicted molar refractivity (Wildman–Crippen MR) is 81.2 cm³/mol. The van der Waals surface area contributed by atoms with Gasteiger partial charge in [0.2, 0.25) is 0 Å². The predicted octanol–water partition coefficient (Wildman–Crippen LogP) is 1.07. The van der Waals surface area contributed by atoms with Crippen LogP contribution in [0.2, 0.25) is 0 Å². The van der Waals surface area contributed by atoms with Crippen LogP contribution in [-0.4, -0.2) is 45.5 Å². The minimum absolute atomic E-state index is 0.0182. The number of piperidine rings is 1. The first-order valence-electron chi connectivity index (χ1n) is 8.33. The molecule has 0 spiro atoms. The van der Waals surface area contributed by atoms with Crippen LogP contribution in [0.4, 0.5) is 4.79 Å². The van der Waals surface area contributed by atoms with Crippen LogP contribution in [-0.2, 0) is 13.6 Å². The summed E-state index contributed by atoms with van der Waals surface area (Å²) in [5.41, 5.74) is 2.44. The van der Waals surface area contributed by atoms with Gasteiger partial charge in [0.15, 0.2) is 0 Å². The lowest BCUT2D eigenvalue weighted by Crippen LogP contribution is -2.40. The lowest BCUT2D eigenvalue weighted by atomic mass is 9.80. The van der Waals surface area contributed by atoms with Gasteiger partial charge in [0.1, 0.15) is 0 Å². The number of carbonyl (C=O) groups excluding carboxylic acids is 1. The first kappa shape index (κ1) is 14.1. The Balaban J connectivity index is 1.33. The van der Waals surface area contributed by atoms with Gasteiger partial charge in [-0.1, -0.05) is 6.42 Å². The van der Waals surface area contributed by atoms with Gasteiger partial charge in [-0.15, -0.1) is 0 Å². The minimum atomic E-state index is 0.0182. The van der Waals surface area contributed by atoms with Crippen molar-refractivity contribution in [2.24, 2.45) is 24.8 Å². The van der Waals surface area contributed by atoms with E-state index in [1.165, 1.54) is 24.8 Å². The van der Waals surface area contributed by atoms with Gasteiger partial charge in [-0.2, -0.15) is 5.10 Å². The fraction of sp³-hybridized carbons (Fsp3) is 0.750. The number of fused-ring (bicyclic) bond motifs is 1. The Morgan fingerprint density at radius 2 is 2.14 bits per heavy atom. The molecule has 22 heavy (non-hydrogen) atoms. The van der Waals surface area contributed by atoms with Gasteiger partial charge in [0, 0.05) is 26.7 Å². The van der Waals surface area contributed by atoms with E-state index in [-0.39, 0.29) is 12.6 Å². The Hall–Kier alpha value is -1.56. The Morgan fingerprint density at radius 3 is 2.73 bits per heavy atom. The Kier molecular flexibility index (Phi) is 3.36. The van der Waals surface area contributed by atoms with Gasteiger partial charge >= 0.3 is 6.03 Å².